The molecule has 0 radical (unpaired) electrons. The van der Waals surface area contributed by atoms with Gasteiger partial charge in [0.25, 0.3) is 5.69 Å². The molecule has 0 amide bonds. The molecule has 2 aromatic heterocycles. The van der Waals surface area contributed by atoms with Crippen molar-refractivity contribution in [1.82, 2.24) is 9.97 Å². The van der Waals surface area contributed by atoms with Crippen LogP contribution in [0.3, 0.4) is 0 Å². The van der Waals surface area contributed by atoms with E-state index in [1.54, 1.807) is 6.07 Å². The normalized spacial score (nSPS) is 11.2. The van der Waals surface area contributed by atoms with Crippen LogP contribution in [-0.2, 0) is 0 Å². The van der Waals surface area contributed by atoms with Crippen LogP contribution >= 0.6 is 0 Å². The summed E-state index contributed by atoms with van der Waals surface area (Å²) < 4.78 is 28.5. The van der Waals surface area contributed by atoms with E-state index in [4.69, 9.17) is 16.5 Å². The van der Waals surface area contributed by atoms with Crippen LogP contribution in [0.5, 0.6) is 0 Å². The molecule has 0 spiro atoms. The molecule has 0 N–H and O–H groups in total. The summed E-state index contributed by atoms with van der Waals surface area (Å²) >= 11 is 0. The lowest BCUT2D eigenvalue weighted by molar-refractivity contribution is 0.595. The fourth-order valence-electron chi connectivity index (χ4n) is 3.46. The molecular formula is C25H19F2N3Si. The number of nitrogens with zero attached hydrogens (tertiary/aromatic N) is 3. The van der Waals surface area contributed by atoms with Crippen LogP contribution < -0.4 is 10.6 Å². The van der Waals surface area contributed by atoms with E-state index < -0.39 is 25.4 Å². The molecule has 0 aliphatic rings. The van der Waals surface area contributed by atoms with E-state index in [1.807, 2.05) is 60.7 Å². The van der Waals surface area contributed by atoms with E-state index >= 15 is 0 Å². The standard InChI is InChI=1S/C25H19F2N3Si/c1-28-25-19(26)16-15-18(24(25)27)21-12-8-14-23(30-21)31(2,3)22-13-7-11-20(29-22)17-9-5-4-6-10-17/h4-16H,2-3H3. The minimum absolute atomic E-state index is 0.116. The number of hydrogen-bond acceptors (Lipinski definition) is 2. The van der Waals surface area contributed by atoms with E-state index in [1.165, 1.54) is 6.07 Å². The van der Waals surface area contributed by atoms with Gasteiger partial charge in [-0.05, 0) is 36.4 Å². The topological polar surface area (TPSA) is 30.1 Å². The third-order valence-corrected chi connectivity index (χ3v) is 8.42. The van der Waals surface area contributed by atoms with Crippen molar-refractivity contribution < 1.29 is 8.78 Å². The lowest BCUT2D eigenvalue weighted by atomic mass is 10.1. The highest BCUT2D eigenvalue weighted by Crippen LogP contribution is 2.30. The second-order valence-electron chi connectivity index (χ2n) is 7.68. The third kappa shape index (κ3) is 3.88. The lowest BCUT2D eigenvalue weighted by Gasteiger charge is -2.22. The van der Waals surface area contributed by atoms with Crippen LogP contribution in [0.4, 0.5) is 14.5 Å². The largest absolute Gasteiger partial charge is 0.257 e. The van der Waals surface area contributed by atoms with Crippen molar-refractivity contribution in [1.29, 1.82) is 0 Å². The Kier molecular flexibility index (Phi) is 5.45. The predicted octanol–water partition coefficient (Wildman–Crippen LogP) is 5.46. The maximum absolute atomic E-state index is 14.7. The summed E-state index contributed by atoms with van der Waals surface area (Å²) in [4.78, 5) is 12.6. The van der Waals surface area contributed by atoms with Gasteiger partial charge in [-0.1, -0.05) is 55.6 Å². The molecule has 4 aromatic rings. The lowest BCUT2D eigenvalue weighted by Crippen LogP contribution is -2.55. The first-order chi connectivity index (χ1) is 14.9. The zero-order valence-corrected chi connectivity index (χ0v) is 18.1. The Morgan fingerprint density at radius 2 is 1.35 bits per heavy atom. The number of hydrogen-bond donors (Lipinski definition) is 0. The Morgan fingerprint density at radius 3 is 2.00 bits per heavy atom. The fourth-order valence-corrected chi connectivity index (χ4v) is 5.55. The molecule has 0 unspecified atom stereocenters. The smallest absolute Gasteiger partial charge is 0.257 e. The third-order valence-electron chi connectivity index (χ3n) is 5.30. The highest BCUT2D eigenvalue weighted by Gasteiger charge is 2.30. The summed E-state index contributed by atoms with van der Waals surface area (Å²) in [5.74, 6) is -1.76. The number of aromatic nitrogens is 2. The molecule has 0 fully saturated rings. The summed E-state index contributed by atoms with van der Waals surface area (Å²) in [5.41, 5.74) is 1.81. The Morgan fingerprint density at radius 1 is 0.742 bits per heavy atom. The van der Waals surface area contributed by atoms with E-state index in [0.29, 0.717) is 5.69 Å². The molecule has 2 heterocycles. The van der Waals surface area contributed by atoms with Crippen molar-refractivity contribution in [2.75, 3.05) is 0 Å². The van der Waals surface area contributed by atoms with Crippen molar-refractivity contribution in [2.24, 2.45) is 0 Å². The molecular weight excluding hydrogens is 408 g/mol. The number of rotatable bonds is 4. The van der Waals surface area contributed by atoms with Gasteiger partial charge in [0.2, 0.25) is 0 Å². The summed E-state index contributed by atoms with van der Waals surface area (Å²) in [7, 11) is -2.31. The van der Waals surface area contributed by atoms with Gasteiger partial charge in [-0.15, -0.1) is 0 Å². The first-order valence-electron chi connectivity index (χ1n) is 9.78. The van der Waals surface area contributed by atoms with Crippen LogP contribution in [0.25, 0.3) is 27.4 Å². The molecule has 0 saturated carbocycles. The second kappa shape index (κ2) is 8.21. The average Bonchev–Trinajstić information content (AvgIpc) is 2.80. The molecule has 0 atom stereocenters. The van der Waals surface area contributed by atoms with Crippen LogP contribution in [0.15, 0.2) is 78.9 Å². The van der Waals surface area contributed by atoms with Crippen LogP contribution in [0, 0.1) is 18.2 Å². The van der Waals surface area contributed by atoms with Crippen molar-refractivity contribution in [3.8, 4) is 22.5 Å². The van der Waals surface area contributed by atoms with Gasteiger partial charge in [0, 0.05) is 21.8 Å². The maximum Gasteiger partial charge on any atom is 0.257 e. The SMILES string of the molecule is [C-]#[N+]c1c(F)ccc(-c2cccc([Si](C)(C)c3cccc(-c4ccccc4)n3)n2)c1F. The Balaban J connectivity index is 1.77. The first-order valence-corrected chi connectivity index (χ1v) is 12.8. The summed E-state index contributed by atoms with van der Waals surface area (Å²) in [6.07, 6.45) is 0. The Hall–Kier alpha value is -3.69. The van der Waals surface area contributed by atoms with E-state index in [9.17, 15) is 8.78 Å². The van der Waals surface area contributed by atoms with Gasteiger partial charge in [0.15, 0.2) is 8.07 Å². The zero-order valence-electron chi connectivity index (χ0n) is 17.1. The van der Waals surface area contributed by atoms with Gasteiger partial charge in [-0.25, -0.2) is 13.6 Å². The molecule has 0 saturated heterocycles. The van der Waals surface area contributed by atoms with Crippen LogP contribution in [0.1, 0.15) is 0 Å². The highest BCUT2D eigenvalue weighted by atomic mass is 28.3. The number of benzene rings is 2. The molecule has 4 rings (SSSR count). The highest BCUT2D eigenvalue weighted by molar-refractivity contribution is 6.99. The Bertz CT molecular complexity index is 1300. The summed E-state index contributed by atoms with van der Waals surface area (Å²) in [5, 5.41) is 1.79. The van der Waals surface area contributed by atoms with E-state index in [-0.39, 0.29) is 5.56 Å². The number of pyridine rings is 2. The predicted molar refractivity (Wildman–Crippen MR) is 122 cm³/mol. The van der Waals surface area contributed by atoms with Gasteiger partial charge in [-0.3, -0.25) is 9.97 Å². The molecule has 0 bridgehead atoms. The average molecular weight is 428 g/mol. The second-order valence-corrected chi connectivity index (χ2v) is 12.0. The molecule has 0 aliphatic heterocycles. The summed E-state index contributed by atoms with van der Waals surface area (Å²) in [6.45, 7) is 11.3. The van der Waals surface area contributed by atoms with E-state index in [0.717, 1.165) is 28.0 Å². The fraction of sp³-hybridized carbons (Fsp3) is 0.0800. The van der Waals surface area contributed by atoms with E-state index in [2.05, 4.69) is 17.9 Å². The molecule has 31 heavy (non-hydrogen) atoms. The minimum atomic E-state index is -2.31. The summed E-state index contributed by atoms with van der Waals surface area (Å²) in [6, 6.07) is 23.8. The minimum Gasteiger partial charge on any atom is -0.257 e. The quantitative estimate of drug-likeness (QED) is 0.320. The Labute approximate surface area is 180 Å². The first kappa shape index (κ1) is 20.6. The molecule has 0 aliphatic carbocycles. The van der Waals surface area contributed by atoms with Crippen LogP contribution in [0.2, 0.25) is 13.1 Å². The number of halogens is 2. The van der Waals surface area contributed by atoms with Crippen molar-refractivity contribution >= 4 is 24.4 Å². The zero-order chi connectivity index (χ0) is 22.0. The van der Waals surface area contributed by atoms with Crippen molar-refractivity contribution in [2.45, 2.75) is 13.1 Å². The van der Waals surface area contributed by atoms with Crippen molar-refractivity contribution in [3.05, 3.63) is 102 Å². The van der Waals surface area contributed by atoms with Crippen LogP contribution in [-0.4, -0.2) is 18.0 Å². The molecule has 152 valence electrons. The molecule has 3 nitrogen and oxygen atoms in total. The van der Waals surface area contributed by atoms with Gasteiger partial charge in [0.1, 0.15) is 11.6 Å². The molecule has 6 heteroatoms. The van der Waals surface area contributed by atoms with Gasteiger partial charge in [0.05, 0.1) is 18.0 Å². The monoisotopic (exact) mass is 427 g/mol. The van der Waals surface area contributed by atoms with Gasteiger partial charge < -0.3 is 0 Å². The maximum atomic E-state index is 14.7. The molecule has 2 aromatic carbocycles. The van der Waals surface area contributed by atoms with Crippen molar-refractivity contribution in [3.63, 3.8) is 0 Å². The van der Waals surface area contributed by atoms with Gasteiger partial charge in [-0.2, -0.15) is 0 Å². The van der Waals surface area contributed by atoms with Gasteiger partial charge >= 0.3 is 0 Å².